The Morgan fingerprint density at radius 2 is 1.79 bits per heavy atom. The third-order valence-corrected chi connectivity index (χ3v) is 7.95. The first kappa shape index (κ1) is 22.1. The Balaban J connectivity index is 1.37. The van der Waals surface area contributed by atoms with Gasteiger partial charge in [0, 0.05) is 38.3 Å². The number of fused-ring (bicyclic) bond motifs is 2. The smallest absolute Gasteiger partial charge is 0.238 e. The predicted molar refractivity (Wildman–Crippen MR) is 128 cm³/mol. The number of hydrogen-bond donors (Lipinski definition) is 2. The molecule has 3 aliphatic rings. The van der Waals surface area contributed by atoms with Gasteiger partial charge in [0.05, 0.1) is 17.6 Å². The van der Waals surface area contributed by atoms with Crippen LogP contribution in [0.4, 0.5) is 5.69 Å². The minimum atomic E-state index is -0.841. The van der Waals surface area contributed by atoms with E-state index >= 15 is 0 Å². The van der Waals surface area contributed by atoms with E-state index in [9.17, 15) is 14.7 Å². The molecular weight excluding hydrogens is 414 g/mol. The maximum absolute atomic E-state index is 13.7. The van der Waals surface area contributed by atoms with E-state index in [1.165, 1.54) is 11.1 Å². The topological polar surface area (TPSA) is 72.9 Å². The van der Waals surface area contributed by atoms with Crippen LogP contribution in [0.25, 0.3) is 0 Å². The molecule has 1 fully saturated rings. The average Bonchev–Trinajstić information content (AvgIpc) is 3.06. The van der Waals surface area contributed by atoms with Crippen LogP contribution < -0.4 is 10.2 Å². The number of aliphatic hydroxyl groups excluding tert-OH is 1. The molecule has 1 aliphatic carbocycles. The van der Waals surface area contributed by atoms with Crippen molar-refractivity contribution in [1.29, 1.82) is 0 Å². The van der Waals surface area contributed by atoms with E-state index < -0.39 is 5.41 Å². The van der Waals surface area contributed by atoms with Gasteiger partial charge in [-0.1, -0.05) is 42.5 Å². The summed E-state index contributed by atoms with van der Waals surface area (Å²) in [4.78, 5) is 30.3. The fourth-order valence-electron chi connectivity index (χ4n) is 6.16. The van der Waals surface area contributed by atoms with Crippen molar-refractivity contribution in [3.05, 3.63) is 65.2 Å². The fraction of sp³-hybridized carbons (Fsp3) is 0.481. The fourth-order valence-corrected chi connectivity index (χ4v) is 6.16. The molecule has 33 heavy (non-hydrogen) atoms. The molecule has 1 saturated heterocycles. The number of likely N-dealkylation sites (tertiary alicyclic amines) is 1. The van der Waals surface area contributed by atoms with E-state index in [2.05, 4.69) is 34.5 Å². The Kier molecular flexibility index (Phi) is 5.75. The maximum atomic E-state index is 13.7. The summed E-state index contributed by atoms with van der Waals surface area (Å²) in [6.45, 7) is 3.56. The Labute approximate surface area is 195 Å². The molecule has 2 N–H and O–H groups in total. The standard InChI is InChI=1S/C27H33N3O3/c1-27(17-24(32)28-2)21-9-5-6-10-22(21)30(26(27)33)19-13-15-29(16-14-19)25-20-8-4-3-7-18(20)11-12-23(25)31/h3-10,19,23,25,31H,11-17H2,1-2H3,(H,28,32)/t23-,25-,27+/m1/s1. The van der Waals surface area contributed by atoms with E-state index in [0.717, 1.165) is 50.0 Å². The lowest BCUT2D eigenvalue weighted by Gasteiger charge is -2.44. The number of nitrogens with zero attached hydrogens (tertiary/aromatic N) is 2. The molecule has 2 amide bonds. The molecule has 2 aliphatic heterocycles. The van der Waals surface area contributed by atoms with Crippen LogP contribution in [-0.4, -0.2) is 54.1 Å². The van der Waals surface area contributed by atoms with Crippen molar-refractivity contribution in [3.63, 3.8) is 0 Å². The summed E-state index contributed by atoms with van der Waals surface area (Å²) < 4.78 is 0. The quantitative estimate of drug-likeness (QED) is 0.756. The Morgan fingerprint density at radius 3 is 2.55 bits per heavy atom. The lowest BCUT2D eigenvalue weighted by molar-refractivity contribution is -0.129. The molecule has 3 atom stereocenters. The molecule has 6 nitrogen and oxygen atoms in total. The van der Waals surface area contributed by atoms with Gasteiger partial charge in [0.15, 0.2) is 0 Å². The molecule has 0 saturated carbocycles. The SMILES string of the molecule is CNC(=O)C[C@]1(C)C(=O)N(C2CCN([C@@H]3c4ccccc4CC[C@H]3O)CC2)c2ccccc21. The lowest BCUT2D eigenvalue weighted by atomic mass is 9.80. The predicted octanol–water partition coefficient (Wildman–Crippen LogP) is 2.94. The molecule has 2 heterocycles. The summed E-state index contributed by atoms with van der Waals surface area (Å²) in [5.74, 6) is -0.101. The zero-order valence-electron chi connectivity index (χ0n) is 19.5. The van der Waals surface area contributed by atoms with Crippen molar-refractivity contribution in [2.24, 2.45) is 0 Å². The Morgan fingerprint density at radius 1 is 1.09 bits per heavy atom. The highest BCUT2D eigenvalue weighted by Crippen LogP contribution is 2.46. The van der Waals surface area contributed by atoms with Crippen molar-refractivity contribution < 1.29 is 14.7 Å². The number of anilines is 1. The molecule has 0 aromatic heterocycles. The van der Waals surface area contributed by atoms with Crippen LogP contribution >= 0.6 is 0 Å². The maximum Gasteiger partial charge on any atom is 0.238 e. The first-order chi connectivity index (χ1) is 15.9. The molecule has 0 bridgehead atoms. The van der Waals surface area contributed by atoms with E-state index in [1.807, 2.05) is 36.1 Å². The van der Waals surface area contributed by atoms with Crippen LogP contribution in [0.5, 0.6) is 0 Å². The summed E-state index contributed by atoms with van der Waals surface area (Å²) in [6, 6.07) is 16.5. The number of carbonyl (C=O) groups is 2. The number of rotatable bonds is 4. The number of benzene rings is 2. The van der Waals surface area contributed by atoms with Gasteiger partial charge in [-0.05, 0) is 55.4 Å². The van der Waals surface area contributed by atoms with Crippen molar-refractivity contribution >= 4 is 17.5 Å². The zero-order valence-corrected chi connectivity index (χ0v) is 19.5. The highest BCUT2D eigenvalue weighted by molar-refractivity contribution is 6.10. The van der Waals surface area contributed by atoms with Crippen LogP contribution in [0.1, 0.15) is 55.3 Å². The van der Waals surface area contributed by atoms with Gasteiger partial charge < -0.3 is 15.3 Å². The molecule has 0 radical (unpaired) electrons. The van der Waals surface area contributed by atoms with E-state index in [4.69, 9.17) is 0 Å². The summed E-state index contributed by atoms with van der Waals surface area (Å²) in [5, 5.41) is 13.5. The van der Waals surface area contributed by atoms with Crippen molar-refractivity contribution in [2.45, 2.75) is 62.6 Å². The molecule has 2 aromatic rings. The Bertz CT molecular complexity index is 1060. The number of piperidine rings is 1. The molecular formula is C27H33N3O3. The van der Waals surface area contributed by atoms with Gasteiger partial charge in [0.25, 0.3) is 0 Å². The van der Waals surface area contributed by atoms with Crippen molar-refractivity contribution in [2.75, 3.05) is 25.0 Å². The summed E-state index contributed by atoms with van der Waals surface area (Å²) in [7, 11) is 1.61. The number of hydrogen-bond acceptors (Lipinski definition) is 4. The van der Waals surface area contributed by atoms with Crippen LogP contribution in [0, 0.1) is 0 Å². The molecule has 0 spiro atoms. The van der Waals surface area contributed by atoms with E-state index in [1.54, 1.807) is 7.05 Å². The zero-order chi connectivity index (χ0) is 23.2. The highest BCUT2D eigenvalue weighted by atomic mass is 16.3. The molecule has 0 unspecified atom stereocenters. The van der Waals surface area contributed by atoms with E-state index in [0.29, 0.717) is 0 Å². The monoisotopic (exact) mass is 447 g/mol. The third kappa shape index (κ3) is 3.65. The molecule has 6 heteroatoms. The van der Waals surface area contributed by atoms with Crippen LogP contribution in [0.15, 0.2) is 48.5 Å². The first-order valence-corrected chi connectivity index (χ1v) is 12.1. The summed E-state index contributed by atoms with van der Waals surface area (Å²) in [6.07, 6.45) is 3.20. The second-order valence-electron chi connectivity index (χ2n) is 9.89. The van der Waals surface area contributed by atoms with Crippen LogP contribution in [-0.2, 0) is 21.4 Å². The van der Waals surface area contributed by atoms with E-state index in [-0.39, 0.29) is 36.4 Å². The largest absolute Gasteiger partial charge is 0.391 e. The number of aryl methyl sites for hydroxylation is 1. The average molecular weight is 448 g/mol. The molecule has 174 valence electrons. The number of amides is 2. The van der Waals surface area contributed by atoms with Gasteiger partial charge in [0.1, 0.15) is 0 Å². The lowest BCUT2D eigenvalue weighted by Crippen LogP contribution is -2.51. The minimum absolute atomic E-state index is 0.0220. The second kappa shape index (κ2) is 8.58. The van der Waals surface area contributed by atoms with Gasteiger partial charge in [-0.15, -0.1) is 0 Å². The normalized spacial score (nSPS) is 27.8. The molecule has 2 aromatic carbocycles. The number of aliphatic hydroxyl groups is 1. The van der Waals surface area contributed by atoms with Crippen molar-refractivity contribution in [3.8, 4) is 0 Å². The summed E-state index contributed by atoms with van der Waals surface area (Å²) in [5.41, 5.74) is 3.62. The minimum Gasteiger partial charge on any atom is -0.391 e. The van der Waals surface area contributed by atoms with Gasteiger partial charge >= 0.3 is 0 Å². The Hall–Kier alpha value is -2.70. The first-order valence-electron chi connectivity index (χ1n) is 12.1. The summed E-state index contributed by atoms with van der Waals surface area (Å²) >= 11 is 0. The highest BCUT2D eigenvalue weighted by Gasteiger charge is 2.50. The number of carbonyl (C=O) groups excluding carboxylic acids is 2. The second-order valence-corrected chi connectivity index (χ2v) is 9.89. The van der Waals surface area contributed by atoms with Crippen molar-refractivity contribution in [1.82, 2.24) is 10.2 Å². The third-order valence-electron chi connectivity index (χ3n) is 7.95. The molecule has 5 rings (SSSR count). The number of para-hydroxylation sites is 1. The van der Waals surface area contributed by atoms with Crippen LogP contribution in [0.2, 0.25) is 0 Å². The number of nitrogens with one attached hydrogen (secondary N) is 1. The van der Waals surface area contributed by atoms with Gasteiger partial charge in [-0.3, -0.25) is 14.5 Å². The van der Waals surface area contributed by atoms with Gasteiger partial charge in [0.2, 0.25) is 11.8 Å². The van der Waals surface area contributed by atoms with Gasteiger partial charge in [-0.25, -0.2) is 0 Å². The van der Waals surface area contributed by atoms with Gasteiger partial charge in [-0.2, -0.15) is 0 Å². The van der Waals surface area contributed by atoms with Crippen LogP contribution in [0.3, 0.4) is 0 Å².